The molecule has 1 atom stereocenters. The summed E-state index contributed by atoms with van der Waals surface area (Å²) in [5.41, 5.74) is 0.532. The monoisotopic (exact) mass is 465 g/mol. The van der Waals surface area contributed by atoms with Gasteiger partial charge in [-0.3, -0.25) is 0 Å². The maximum atomic E-state index is 13.0. The van der Waals surface area contributed by atoms with Crippen molar-refractivity contribution >= 4 is 24.6 Å². The molecule has 160 valence electrons. The van der Waals surface area contributed by atoms with E-state index in [0.717, 1.165) is 12.1 Å². The van der Waals surface area contributed by atoms with Crippen LogP contribution in [-0.4, -0.2) is 16.8 Å². The molecular formula is C18H14ClF5N3O2P. The summed E-state index contributed by atoms with van der Waals surface area (Å²) in [6.45, 7) is 1.46. The fourth-order valence-corrected chi connectivity index (χ4v) is 4.37. The number of nitrogens with zero attached hydrogens (tertiary/aromatic N) is 2. The zero-order valence-corrected chi connectivity index (χ0v) is 16.9. The molecule has 1 heterocycles. The molecule has 0 bridgehead atoms. The summed E-state index contributed by atoms with van der Waals surface area (Å²) in [5, 5.41) is 2.43. The lowest BCUT2D eigenvalue weighted by atomic mass is 10.1. The molecule has 3 aromatic rings. The fraction of sp³-hybridized carbons (Fsp3) is 0.222. The third-order valence-electron chi connectivity index (χ3n) is 3.94. The van der Waals surface area contributed by atoms with Crippen LogP contribution in [0.25, 0.3) is 11.4 Å². The van der Waals surface area contributed by atoms with Crippen LogP contribution in [0.5, 0.6) is 0 Å². The minimum absolute atomic E-state index is 0.0839. The summed E-state index contributed by atoms with van der Waals surface area (Å²) >= 11 is 4.83. The highest BCUT2D eigenvalue weighted by Gasteiger charge is 2.35. The molecule has 30 heavy (non-hydrogen) atoms. The summed E-state index contributed by atoms with van der Waals surface area (Å²) in [6, 6.07) is 10.5. The standard InChI is InChI=1S/C18H14ClF5N3O2P/c1-30(28,27-14-8-6-13(7-9-14)18(22,23)24)10-11-2-4-12(5-3-11)15-25-16(29-26-15)17(19,20)21/h2-9H,10H2,1H3,(H,27,28). The molecular weight excluding hydrogens is 452 g/mol. The first-order valence-electron chi connectivity index (χ1n) is 8.36. The maximum Gasteiger partial charge on any atom is 0.416 e. The van der Waals surface area contributed by atoms with Crippen LogP contribution in [0.1, 0.15) is 17.0 Å². The van der Waals surface area contributed by atoms with E-state index >= 15 is 0 Å². The van der Waals surface area contributed by atoms with E-state index < -0.39 is 30.3 Å². The van der Waals surface area contributed by atoms with E-state index in [9.17, 15) is 26.5 Å². The van der Waals surface area contributed by atoms with E-state index in [0.29, 0.717) is 16.8 Å². The third-order valence-corrected chi connectivity index (χ3v) is 5.80. The average Bonchev–Trinajstić information content (AvgIpc) is 3.12. The van der Waals surface area contributed by atoms with Gasteiger partial charge in [0.15, 0.2) is 7.29 Å². The molecule has 0 aliphatic rings. The highest BCUT2D eigenvalue weighted by atomic mass is 35.5. The van der Waals surface area contributed by atoms with Crippen molar-refractivity contribution in [3.05, 3.63) is 65.5 Å². The summed E-state index contributed by atoms with van der Waals surface area (Å²) in [4.78, 5) is 3.53. The normalized spacial score (nSPS) is 14.4. The first-order valence-corrected chi connectivity index (χ1v) is 11.1. The number of hydrogen-bond acceptors (Lipinski definition) is 4. The lowest BCUT2D eigenvalue weighted by molar-refractivity contribution is -0.137. The zero-order chi connectivity index (χ0) is 22.2. The quantitative estimate of drug-likeness (QED) is 0.253. The molecule has 2 aromatic carbocycles. The van der Waals surface area contributed by atoms with Crippen LogP contribution in [-0.2, 0) is 22.3 Å². The topological polar surface area (TPSA) is 68.0 Å². The van der Waals surface area contributed by atoms with Gasteiger partial charge in [-0.2, -0.15) is 26.9 Å². The van der Waals surface area contributed by atoms with Crippen molar-refractivity contribution in [2.24, 2.45) is 0 Å². The van der Waals surface area contributed by atoms with Crippen molar-refractivity contribution in [2.45, 2.75) is 17.7 Å². The molecule has 0 saturated heterocycles. The number of alkyl halides is 6. The highest BCUT2D eigenvalue weighted by molar-refractivity contribution is 7.63. The van der Waals surface area contributed by atoms with E-state index in [4.69, 9.17) is 11.6 Å². The van der Waals surface area contributed by atoms with E-state index in [1.165, 1.54) is 30.9 Å². The summed E-state index contributed by atoms with van der Waals surface area (Å²) in [7, 11) is -2.99. The smallest absolute Gasteiger partial charge is 0.336 e. The lowest BCUT2D eigenvalue weighted by Crippen LogP contribution is -2.05. The van der Waals surface area contributed by atoms with Crippen LogP contribution < -0.4 is 5.09 Å². The Morgan fingerprint density at radius 3 is 2.13 bits per heavy atom. The Kier molecular flexibility index (Phi) is 5.93. The number of rotatable bonds is 6. The molecule has 1 N–H and O–H groups in total. The predicted octanol–water partition coefficient (Wildman–Crippen LogP) is 6.56. The molecule has 0 amide bonds. The molecule has 0 spiro atoms. The van der Waals surface area contributed by atoms with Gasteiger partial charge in [0.25, 0.3) is 0 Å². The molecule has 12 heteroatoms. The van der Waals surface area contributed by atoms with Gasteiger partial charge in [0.05, 0.1) is 5.56 Å². The van der Waals surface area contributed by atoms with Gasteiger partial charge in [0.1, 0.15) is 0 Å². The van der Waals surface area contributed by atoms with Gasteiger partial charge in [-0.15, -0.1) is 0 Å². The van der Waals surface area contributed by atoms with Gasteiger partial charge in [-0.25, -0.2) is 0 Å². The molecule has 0 radical (unpaired) electrons. The van der Waals surface area contributed by atoms with Crippen molar-refractivity contribution in [3.63, 3.8) is 0 Å². The molecule has 0 fully saturated rings. The van der Waals surface area contributed by atoms with Crippen molar-refractivity contribution in [2.75, 3.05) is 11.8 Å². The molecule has 3 rings (SSSR count). The van der Waals surface area contributed by atoms with E-state index in [2.05, 4.69) is 19.8 Å². The van der Waals surface area contributed by atoms with Gasteiger partial charge in [-0.05, 0) is 41.4 Å². The second-order valence-corrected chi connectivity index (χ2v) is 9.78. The molecule has 0 aliphatic heterocycles. The molecule has 0 aliphatic carbocycles. The van der Waals surface area contributed by atoms with Crippen molar-refractivity contribution in [1.29, 1.82) is 0 Å². The maximum absolute atomic E-state index is 13.0. The van der Waals surface area contributed by atoms with Crippen molar-refractivity contribution < 1.29 is 31.0 Å². The fourth-order valence-electron chi connectivity index (χ4n) is 2.61. The molecule has 5 nitrogen and oxygen atoms in total. The largest absolute Gasteiger partial charge is 0.416 e. The number of halogens is 6. The third kappa shape index (κ3) is 5.58. The van der Waals surface area contributed by atoms with Gasteiger partial charge in [0.2, 0.25) is 5.82 Å². The van der Waals surface area contributed by atoms with Gasteiger partial charge >= 0.3 is 17.4 Å². The first-order chi connectivity index (χ1) is 13.8. The van der Waals surface area contributed by atoms with E-state index in [1.54, 1.807) is 12.1 Å². The minimum Gasteiger partial charge on any atom is -0.336 e. The Labute approximate surface area is 172 Å². The van der Waals surface area contributed by atoms with Gasteiger partial charge in [-0.1, -0.05) is 29.4 Å². The van der Waals surface area contributed by atoms with Crippen LogP contribution in [0.3, 0.4) is 0 Å². The number of hydrogen-bond donors (Lipinski definition) is 1. The summed E-state index contributed by atoms with van der Waals surface area (Å²) in [6.07, 6.45) is -4.35. The minimum atomic E-state index is -4.45. The predicted molar refractivity (Wildman–Crippen MR) is 102 cm³/mol. The number of benzene rings is 2. The van der Waals surface area contributed by atoms with Crippen molar-refractivity contribution in [1.82, 2.24) is 10.1 Å². The number of anilines is 1. The zero-order valence-electron chi connectivity index (χ0n) is 15.3. The van der Waals surface area contributed by atoms with Crippen LogP contribution in [0.2, 0.25) is 0 Å². The Bertz CT molecular complexity index is 1060. The van der Waals surface area contributed by atoms with Gasteiger partial charge < -0.3 is 14.2 Å². The van der Waals surface area contributed by atoms with Crippen LogP contribution in [0.4, 0.5) is 27.6 Å². The second-order valence-electron chi connectivity index (χ2n) is 6.56. The Morgan fingerprint density at radius 2 is 1.63 bits per heavy atom. The second kappa shape index (κ2) is 8.00. The summed E-state index contributed by atoms with van der Waals surface area (Å²) in [5.74, 6) is -1.11. The van der Waals surface area contributed by atoms with Crippen LogP contribution >= 0.6 is 18.9 Å². The SMILES string of the molecule is CP(=O)(Cc1ccc(-c2noc(C(F)(F)Cl)n2)cc1)Nc1ccc(C(F)(F)F)cc1. The van der Waals surface area contributed by atoms with Crippen molar-refractivity contribution in [3.8, 4) is 11.4 Å². The molecule has 0 saturated carbocycles. The first kappa shape index (κ1) is 22.2. The number of nitrogens with one attached hydrogen (secondary N) is 1. The van der Waals surface area contributed by atoms with Crippen LogP contribution in [0.15, 0.2) is 53.1 Å². The van der Waals surface area contributed by atoms with E-state index in [1.807, 2.05) is 0 Å². The highest BCUT2D eigenvalue weighted by Crippen LogP contribution is 2.45. The Morgan fingerprint density at radius 1 is 1.03 bits per heavy atom. The Balaban J connectivity index is 1.68. The van der Waals surface area contributed by atoms with Crippen LogP contribution in [0, 0.1) is 0 Å². The molecule has 1 unspecified atom stereocenters. The lowest BCUT2D eigenvalue weighted by Gasteiger charge is -2.17. The van der Waals surface area contributed by atoms with Gasteiger partial charge in [0, 0.05) is 24.1 Å². The summed E-state index contributed by atoms with van der Waals surface area (Å²) < 4.78 is 81.1. The Hall–Kier alpha value is -2.45. The number of aromatic nitrogens is 2. The van der Waals surface area contributed by atoms with E-state index in [-0.39, 0.29) is 12.0 Å². The molecule has 1 aromatic heterocycles. The average molecular weight is 466 g/mol.